The summed E-state index contributed by atoms with van der Waals surface area (Å²) >= 11 is 0. The molecule has 0 atom stereocenters. The topological polar surface area (TPSA) is 129 Å². The van der Waals surface area contributed by atoms with Crippen molar-refractivity contribution in [2.75, 3.05) is 19.5 Å². The van der Waals surface area contributed by atoms with E-state index in [4.69, 9.17) is 15.2 Å². The van der Waals surface area contributed by atoms with Crippen LogP contribution in [0.1, 0.15) is 5.56 Å². The van der Waals surface area contributed by atoms with Crippen LogP contribution in [0.4, 0.5) is 16.2 Å². The highest BCUT2D eigenvalue weighted by atomic mass is 16.6. The number of benzene rings is 2. The van der Waals surface area contributed by atoms with Gasteiger partial charge in [-0.05, 0) is 24.3 Å². The van der Waals surface area contributed by atoms with Gasteiger partial charge in [-0.25, -0.2) is 4.79 Å². The van der Waals surface area contributed by atoms with Crippen LogP contribution in [-0.4, -0.2) is 31.4 Å². The van der Waals surface area contributed by atoms with Crippen LogP contribution in [0.3, 0.4) is 0 Å². The maximum atomic E-state index is 12.0. The molecule has 140 valence electrons. The number of nitro benzene ring substituents is 1. The lowest BCUT2D eigenvalue weighted by atomic mass is 10.1. The number of nitro groups is 1. The number of nitrogens with zero attached hydrogens (tertiary/aromatic N) is 2. The highest BCUT2D eigenvalue weighted by molar-refractivity contribution is 6.10. The minimum Gasteiger partial charge on any atom is -0.496 e. The molecule has 0 heterocycles. The zero-order valence-corrected chi connectivity index (χ0v) is 14.7. The van der Waals surface area contributed by atoms with E-state index < -0.39 is 11.0 Å². The van der Waals surface area contributed by atoms with Gasteiger partial charge < -0.3 is 15.2 Å². The molecule has 0 radical (unpaired) electrons. The molecule has 0 aliphatic rings. The van der Waals surface area contributed by atoms with Crippen LogP contribution < -0.4 is 20.5 Å². The molecule has 1 amide bonds. The molecule has 0 unspecified atom stereocenters. The molecule has 0 aliphatic carbocycles. The molecule has 0 bridgehead atoms. The predicted molar refractivity (Wildman–Crippen MR) is 102 cm³/mol. The van der Waals surface area contributed by atoms with Crippen LogP contribution in [-0.2, 0) is 0 Å². The fourth-order valence-electron chi connectivity index (χ4n) is 2.24. The molecular weight excluding hydrogens is 352 g/mol. The van der Waals surface area contributed by atoms with Crippen LogP contribution >= 0.6 is 0 Å². The van der Waals surface area contributed by atoms with Crippen LogP contribution in [0.5, 0.6) is 11.5 Å². The third kappa shape index (κ3) is 5.05. The Morgan fingerprint density at radius 2 is 1.96 bits per heavy atom. The highest BCUT2D eigenvalue weighted by Crippen LogP contribution is 2.28. The number of aliphatic imine (C=N–C) groups is 1. The third-order valence-electron chi connectivity index (χ3n) is 3.46. The van der Waals surface area contributed by atoms with Gasteiger partial charge in [0.25, 0.3) is 5.69 Å². The van der Waals surface area contributed by atoms with Crippen LogP contribution in [0.25, 0.3) is 5.57 Å². The summed E-state index contributed by atoms with van der Waals surface area (Å²) in [7, 11) is 3.12. The van der Waals surface area contributed by atoms with E-state index in [9.17, 15) is 14.9 Å². The van der Waals surface area contributed by atoms with Gasteiger partial charge in [0.05, 0.1) is 12.0 Å². The fraction of sp³-hybridized carbons (Fsp3) is 0.111. The molecule has 0 aliphatic heterocycles. The maximum absolute atomic E-state index is 12.0. The van der Waals surface area contributed by atoms with Crippen molar-refractivity contribution in [1.29, 1.82) is 0 Å². The van der Waals surface area contributed by atoms with Crippen molar-refractivity contribution in [3.8, 4) is 11.5 Å². The Labute approximate surface area is 155 Å². The van der Waals surface area contributed by atoms with Crippen molar-refractivity contribution in [1.82, 2.24) is 0 Å². The molecule has 27 heavy (non-hydrogen) atoms. The van der Waals surface area contributed by atoms with Gasteiger partial charge in [-0.3, -0.25) is 20.4 Å². The first-order valence-corrected chi connectivity index (χ1v) is 7.74. The van der Waals surface area contributed by atoms with Crippen molar-refractivity contribution < 1.29 is 19.2 Å². The van der Waals surface area contributed by atoms with Gasteiger partial charge in [0.15, 0.2) is 0 Å². The number of ether oxygens (including phenoxy) is 2. The van der Waals surface area contributed by atoms with Crippen molar-refractivity contribution >= 4 is 29.3 Å². The zero-order valence-electron chi connectivity index (χ0n) is 14.7. The molecule has 0 fully saturated rings. The second-order valence-electron chi connectivity index (χ2n) is 5.19. The largest absolute Gasteiger partial charge is 0.496 e. The normalized spacial score (nSPS) is 11.3. The second kappa shape index (κ2) is 8.99. The third-order valence-corrected chi connectivity index (χ3v) is 3.46. The Morgan fingerprint density at radius 1 is 1.26 bits per heavy atom. The molecular formula is C18H18N4O5. The van der Waals surface area contributed by atoms with E-state index in [1.54, 1.807) is 31.5 Å². The highest BCUT2D eigenvalue weighted by Gasteiger charge is 2.12. The Morgan fingerprint density at radius 3 is 2.52 bits per heavy atom. The number of allylic oxidation sites excluding steroid dienone is 1. The quantitative estimate of drug-likeness (QED) is 0.456. The Bertz CT molecular complexity index is 891. The van der Waals surface area contributed by atoms with E-state index in [2.05, 4.69) is 10.3 Å². The first-order valence-electron chi connectivity index (χ1n) is 7.74. The van der Waals surface area contributed by atoms with Gasteiger partial charge in [-0.1, -0.05) is 0 Å². The molecule has 0 saturated heterocycles. The van der Waals surface area contributed by atoms with E-state index in [0.29, 0.717) is 22.6 Å². The average molecular weight is 370 g/mol. The van der Waals surface area contributed by atoms with Crippen molar-refractivity contribution in [3.63, 3.8) is 0 Å². The van der Waals surface area contributed by atoms with E-state index in [1.807, 2.05) is 0 Å². The SMILES string of the molecule is CN=CC(=CN)c1ccc(NC(=O)Oc2ccc([N+](=O)[O-])cc2)cc1OC. The van der Waals surface area contributed by atoms with Crippen molar-refractivity contribution in [3.05, 3.63) is 64.3 Å². The van der Waals surface area contributed by atoms with Crippen LogP contribution in [0, 0.1) is 10.1 Å². The van der Waals surface area contributed by atoms with Crippen LogP contribution in [0.15, 0.2) is 53.7 Å². The summed E-state index contributed by atoms with van der Waals surface area (Å²) in [5.74, 6) is 0.661. The van der Waals surface area contributed by atoms with E-state index in [0.717, 1.165) is 0 Å². The Balaban J connectivity index is 2.12. The lowest BCUT2D eigenvalue weighted by Gasteiger charge is -2.12. The number of anilines is 1. The summed E-state index contributed by atoms with van der Waals surface area (Å²) in [6.45, 7) is 0. The summed E-state index contributed by atoms with van der Waals surface area (Å²) in [6, 6.07) is 10.2. The van der Waals surface area contributed by atoms with Gasteiger partial charge in [0, 0.05) is 54.5 Å². The summed E-state index contributed by atoms with van der Waals surface area (Å²) in [6.07, 6.45) is 2.25. The summed E-state index contributed by atoms with van der Waals surface area (Å²) in [4.78, 5) is 26.0. The fourth-order valence-corrected chi connectivity index (χ4v) is 2.24. The second-order valence-corrected chi connectivity index (χ2v) is 5.19. The van der Waals surface area contributed by atoms with Gasteiger partial charge in [0.1, 0.15) is 11.5 Å². The number of non-ortho nitro benzene ring substituents is 1. The number of nitrogens with two attached hydrogens (primary N) is 1. The standard InChI is InChI=1S/C18H18N4O5/c1-20-11-12(10-19)16-8-3-13(9-17(16)26-2)21-18(23)27-15-6-4-14(5-7-15)22(24)25/h3-11H,19H2,1-2H3,(H,21,23). The Kier molecular flexibility index (Phi) is 6.48. The minimum atomic E-state index is -0.747. The minimum absolute atomic E-state index is 0.0949. The monoisotopic (exact) mass is 370 g/mol. The molecule has 9 heteroatoms. The number of carbonyl (C=O) groups is 1. The molecule has 0 spiro atoms. The maximum Gasteiger partial charge on any atom is 0.417 e. The summed E-state index contributed by atoms with van der Waals surface area (Å²) in [5.41, 5.74) is 7.32. The number of carbonyl (C=O) groups excluding carboxylic acids is 1. The smallest absolute Gasteiger partial charge is 0.417 e. The first-order chi connectivity index (χ1) is 13.0. The predicted octanol–water partition coefficient (Wildman–Crippen LogP) is 3.21. The molecule has 0 saturated carbocycles. The van der Waals surface area contributed by atoms with E-state index >= 15 is 0 Å². The average Bonchev–Trinajstić information content (AvgIpc) is 2.66. The van der Waals surface area contributed by atoms with Gasteiger partial charge in [-0.15, -0.1) is 0 Å². The lowest BCUT2D eigenvalue weighted by Crippen LogP contribution is -2.16. The number of rotatable bonds is 6. The first kappa shape index (κ1) is 19.4. The zero-order chi connectivity index (χ0) is 19.8. The number of amides is 1. The number of hydrogen-bond donors (Lipinski definition) is 2. The van der Waals surface area contributed by atoms with E-state index in [1.165, 1.54) is 37.6 Å². The number of nitrogens with one attached hydrogen (secondary N) is 1. The van der Waals surface area contributed by atoms with Gasteiger partial charge >= 0.3 is 6.09 Å². The van der Waals surface area contributed by atoms with Crippen molar-refractivity contribution in [2.45, 2.75) is 0 Å². The molecule has 2 aromatic rings. The van der Waals surface area contributed by atoms with E-state index in [-0.39, 0.29) is 11.4 Å². The van der Waals surface area contributed by atoms with Gasteiger partial charge in [-0.2, -0.15) is 0 Å². The molecule has 0 aromatic heterocycles. The number of hydrogen-bond acceptors (Lipinski definition) is 7. The summed E-state index contributed by atoms with van der Waals surface area (Å²) < 4.78 is 10.4. The Hall–Kier alpha value is -3.88. The molecule has 2 rings (SSSR count). The summed E-state index contributed by atoms with van der Waals surface area (Å²) in [5, 5.41) is 13.2. The lowest BCUT2D eigenvalue weighted by molar-refractivity contribution is -0.384. The molecule has 9 nitrogen and oxygen atoms in total. The molecule has 3 N–H and O–H groups in total. The van der Waals surface area contributed by atoms with Crippen molar-refractivity contribution in [2.24, 2.45) is 10.7 Å². The van der Waals surface area contributed by atoms with Crippen LogP contribution in [0.2, 0.25) is 0 Å². The number of methoxy groups -OCH3 is 1. The van der Waals surface area contributed by atoms with Gasteiger partial charge in [0.2, 0.25) is 0 Å². The molecule has 2 aromatic carbocycles.